The standard InChI is InChI=1S/C16H8F4N2O2/c17-10-7(4-21)11(18)13(20)14(12(10)19)22-15(23)8-5-1-2-6(3-5)9(8)16(22)24/h1-2,5-6,8-9H,3H2/t5-,6+,8-,9+. The van der Waals surface area contributed by atoms with Gasteiger partial charge in [0.15, 0.2) is 23.3 Å². The third kappa shape index (κ3) is 1.57. The summed E-state index contributed by atoms with van der Waals surface area (Å²) in [5.74, 6) is -11.4. The first-order valence-electron chi connectivity index (χ1n) is 7.20. The van der Waals surface area contributed by atoms with Gasteiger partial charge in [-0.25, -0.2) is 22.5 Å². The number of anilines is 1. The van der Waals surface area contributed by atoms with Gasteiger partial charge in [-0.1, -0.05) is 12.2 Å². The largest absolute Gasteiger partial charge is 0.274 e. The minimum absolute atomic E-state index is 0.194. The molecule has 1 aromatic rings. The van der Waals surface area contributed by atoms with Crippen molar-refractivity contribution in [3.05, 3.63) is 41.0 Å². The fourth-order valence-corrected chi connectivity index (χ4v) is 4.04. The minimum Gasteiger partial charge on any atom is -0.274 e. The van der Waals surface area contributed by atoms with Crippen LogP contribution in [0.25, 0.3) is 0 Å². The van der Waals surface area contributed by atoms with E-state index in [-0.39, 0.29) is 16.7 Å². The summed E-state index contributed by atoms with van der Waals surface area (Å²) in [7, 11) is 0. The van der Waals surface area contributed by atoms with Crippen molar-refractivity contribution in [3.63, 3.8) is 0 Å². The molecule has 0 N–H and O–H groups in total. The highest BCUT2D eigenvalue weighted by Crippen LogP contribution is 2.53. The predicted octanol–water partition coefficient (Wildman–Crippen LogP) is 2.43. The first kappa shape index (κ1) is 14.9. The minimum atomic E-state index is -1.93. The Morgan fingerprint density at radius 1 is 0.917 bits per heavy atom. The van der Waals surface area contributed by atoms with E-state index >= 15 is 0 Å². The van der Waals surface area contributed by atoms with Gasteiger partial charge in [-0.05, 0) is 18.3 Å². The second kappa shape index (κ2) is 4.66. The number of allylic oxidation sites excluding steroid dienone is 2. The lowest BCUT2D eigenvalue weighted by Crippen LogP contribution is -2.35. The number of rotatable bonds is 1. The second-order valence-corrected chi connectivity index (χ2v) is 6.10. The number of hydrogen-bond donors (Lipinski definition) is 0. The summed E-state index contributed by atoms with van der Waals surface area (Å²) in [5.41, 5.74) is -2.82. The van der Waals surface area contributed by atoms with Gasteiger partial charge < -0.3 is 0 Å². The number of nitrogens with zero attached hydrogens (tertiary/aromatic N) is 2. The molecule has 1 saturated carbocycles. The number of halogens is 4. The van der Waals surface area contributed by atoms with Crippen molar-refractivity contribution < 1.29 is 27.2 Å². The molecule has 1 saturated heterocycles. The highest BCUT2D eigenvalue weighted by molar-refractivity contribution is 6.23. The number of benzene rings is 1. The van der Waals surface area contributed by atoms with E-state index in [1.165, 1.54) is 0 Å². The van der Waals surface area contributed by atoms with Crippen molar-refractivity contribution in [1.29, 1.82) is 5.26 Å². The van der Waals surface area contributed by atoms with Crippen LogP contribution in [0.1, 0.15) is 12.0 Å². The summed E-state index contributed by atoms with van der Waals surface area (Å²) in [4.78, 5) is 25.2. The summed E-state index contributed by atoms with van der Waals surface area (Å²) < 4.78 is 56.0. The van der Waals surface area contributed by atoms with Gasteiger partial charge in [0.05, 0.1) is 11.8 Å². The molecule has 0 unspecified atom stereocenters. The van der Waals surface area contributed by atoms with Crippen molar-refractivity contribution in [1.82, 2.24) is 0 Å². The summed E-state index contributed by atoms with van der Waals surface area (Å²) in [6, 6.07) is 1.02. The Morgan fingerprint density at radius 2 is 1.38 bits per heavy atom. The van der Waals surface area contributed by atoms with Gasteiger partial charge in [-0.15, -0.1) is 0 Å². The second-order valence-electron chi connectivity index (χ2n) is 6.10. The zero-order valence-corrected chi connectivity index (χ0v) is 11.9. The van der Waals surface area contributed by atoms with Gasteiger partial charge in [-0.3, -0.25) is 9.59 Å². The lowest BCUT2D eigenvalue weighted by molar-refractivity contribution is -0.123. The van der Waals surface area contributed by atoms with Gasteiger partial charge in [0, 0.05) is 0 Å². The molecule has 0 spiro atoms. The number of hydrogen-bond acceptors (Lipinski definition) is 3. The van der Waals surface area contributed by atoms with Crippen LogP contribution in [0.5, 0.6) is 0 Å². The number of carbonyl (C=O) groups is 2. The lowest BCUT2D eigenvalue weighted by atomic mass is 9.85. The maximum atomic E-state index is 14.2. The van der Waals surface area contributed by atoms with Crippen LogP contribution < -0.4 is 4.90 Å². The smallest absolute Gasteiger partial charge is 0.238 e. The van der Waals surface area contributed by atoms with Crippen LogP contribution in [-0.4, -0.2) is 11.8 Å². The molecule has 24 heavy (non-hydrogen) atoms. The van der Waals surface area contributed by atoms with Gasteiger partial charge in [0.1, 0.15) is 17.3 Å². The predicted molar refractivity (Wildman–Crippen MR) is 71.2 cm³/mol. The summed E-state index contributed by atoms with van der Waals surface area (Å²) >= 11 is 0. The zero-order chi connectivity index (χ0) is 17.3. The van der Waals surface area contributed by atoms with Crippen molar-refractivity contribution in [3.8, 4) is 6.07 Å². The number of amides is 2. The average molecular weight is 336 g/mol. The van der Waals surface area contributed by atoms with Crippen molar-refractivity contribution >= 4 is 17.5 Å². The molecule has 2 bridgehead atoms. The Balaban J connectivity index is 1.89. The number of carbonyl (C=O) groups excluding carboxylic acids is 2. The van der Waals surface area contributed by atoms with Crippen LogP contribution in [0.2, 0.25) is 0 Å². The van der Waals surface area contributed by atoms with E-state index < -0.39 is 58.2 Å². The first-order chi connectivity index (χ1) is 11.4. The van der Waals surface area contributed by atoms with E-state index in [0.717, 1.165) is 6.07 Å². The number of imide groups is 1. The van der Waals surface area contributed by atoms with Crippen LogP contribution in [0, 0.1) is 58.3 Å². The highest BCUT2D eigenvalue weighted by atomic mass is 19.2. The summed E-state index contributed by atoms with van der Waals surface area (Å²) in [6.07, 6.45) is 4.14. The van der Waals surface area contributed by atoms with Gasteiger partial charge in [0.25, 0.3) is 0 Å². The fraction of sp³-hybridized carbons (Fsp3) is 0.312. The molecule has 2 amide bonds. The van der Waals surface area contributed by atoms with Crippen LogP contribution in [0.3, 0.4) is 0 Å². The molecule has 4 rings (SSSR count). The van der Waals surface area contributed by atoms with Gasteiger partial charge in [0.2, 0.25) is 11.8 Å². The van der Waals surface area contributed by atoms with E-state index in [1.807, 2.05) is 0 Å². The average Bonchev–Trinajstić information content (AvgIpc) is 3.23. The number of nitriles is 1. The van der Waals surface area contributed by atoms with E-state index in [1.54, 1.807) is 12.2 Å². The van der Waals surface area contributed by atoms with E-state index in [4.69, 9.17) is 5.26 Å². The zero-order valence-electron chi connectivity index (χ0n) is 11.9. The molecule has 0 aromatic heterocycles. The topological polar surface area (TPSA) is 61.2 Å². The van der Waals surface area contributed by atoms with Crippen molar-refractivity contribution in [2.24, 2.45) is 23.7 Å². The van der Waals surface area contributed by atoms with Crippen molar-refractivity contribution in [2.75, 3.05) is 4.90 Å². The Morgan fingerprint density at radius 3 is 1.79 bits per heavy atom. The van der Waals surface area contributed by atoms with Gasteiger partial charge in [-0.2, -0.15) is 5.26 Å². The Labute approximate surface area is 133 Å². The fourth-order valence-electron chi connectivity index (χ4n) is 4.04. The van der Waals surface area contributed by atoms with Crippen LogP contribution >= 0.6 is 0 Å². The molecule has 4 nitrogen and oxygen atoms in total. The van der Waals surface area contributed by atoms with Crippen LogP contribution in [0.15, 0.2) is 12.2 Å². The van der Waals surface area contributed by atoms with E-state index in [9.17, 15) is 27.2 Å². The molecule has 122 valence electrons. The molecule has 4 atom stereocenters. The highest BCUT2D eigenvalue weighted by Gasteiger charge is 2.60. The Kier molecular flexibility index (Phi) is 2.89. The van der Waals surface area contributed by atoms with Crippen molar-refractivity contribution in [2.45, 2.75) is 6.42 Å². The molecular weight excluding hydrogens is 328 g/mol. The molecule has 1 heterocycles. The molecular formula is C16H8F4N2O2. The van der Waals surface area contributed by atoms with E-state index in [0.29, 0.717) is 6.42 Å². The normalized spacial score (nSPS) is 30.2. The molecule has 0 radical (unpaired) electrons. The third-order valence-electron chi connectivity index (χ3n) is 5.05. The SMILES string of the molecule is N#Cc1c(F)c(F)c(N2C(=O)[C@@H]3[C@H](C2=O)[C@@H]2C=C[C@H]3C2)c(F)c1F. The Bertz CT molecular complexity index is 830. The monoisotopic (exact) mass is 336 g/mol. The van der Waals surface area contributed by atoms with Crippen LogP contribution in [-0.2, 0) is 9.59 Å². The lowest BCUT2D eigenvalue weighted by Gasteiger charge is -2.19. The summed E-state index contributed by atoms with van der Waals surface area (Å²) in [6.45, 7) is 0. The molecule has 3 aliphatic rings. The molecule has 2 fully saturated rings. The maximum Gasteiger partial charge on any atom is 0.238 e. The Hall–Kier alpha value is -2.69. The molecule has 1 aliphatic heterocycles. The molecule has 8 heteroatoms. The molecule has 2 aliphatic carbocycles. The third-order valence-corrected chi connectivity index (χ3v) is 5.05. The quantitative estimate of drug-likeness (QED) is 0.342. The van der Waals surface area contributed by atoms with E-state index in [2.05, 4.69) is 0 Å². The molecule has 1 aromatic carbocycles. The number of fused-ring (bicyclic) bond motifs is 5. The van der Waals surface area contributed by atoms with Gasteiger partial charge >= 0.3 is 0 Å². The first-order valence-corrected chi connectivity index (χ1v) is 7.20. The maximum absolute atomic E-state index is 14.2. The summed E-state index contributed by atoms with van der Waals surface area (Å²) in [5, 5.41) is 8.60. The van der Waals surface area contributed by atoms with Crippen LogP contribution in [0.4, 0.5) is 23.2 Å².